The number of rotatable bonds is 4. The van der Waals surface area contributed by atoms with Crippen LogP contribution in [0.5, 0.6) is 0 Å². The molecule has 4 rings (SSSR count). The number of morpholine rings is 1. The number of hydrogen-bond acceptors (Lipinski definition) is 4. The fourth-order valence-electron chi connectivity index (χ4n) is 3.63. The Morgan fingerprint density at radius 1 is 1.00 bits per heavy atom. The maximum atomic E-state index is 13.1. The maximum absolute atomic E-state index is 13.1. The summed E-state index contributed by atoms with van der Waals surface area (Å²) >= 11 is 0. The molecule has 2 saturated heterocycles. The molecule has 2 aliphatic heterocycles. The molecule has 7 heteroatoms. The average Bonchev–Trinajstić information content (AvgIpc) is 3.06. The fraction of sp³-hybridized carbons (Fsp3) is 0.318. The van der Waals surface area contributed by atoms with Crippen molar-refractivity contribution in [3.8, 4) is 0 Å². The second kappa shape index (κ2) is 8.13. The summed E-state index contributed by atoms with van der Waals surface area (Å²) in [4.78, 5) is 39.4. The predicted molar refractivity (Wildman–Crippen MR) is 102 cm³/mol. The van der Waals surface area contributed by atoms with Gasteiger partial charge in [0.05, 0.1) is 19.7 Å². The van der Waals surface area contributed by atoms with E-state index in [0.29, 0.717) is 25.3 Å². The third kappa shape index (κ3) is 4.19. The summed E-state index contributed by atoms with van der Waals surface area (Å²) in [6.07, 6.45) is 0.239. The molecule has 2 fully saturated rings. The van der Waals surface area contributed by atoms with Gasteiger partial charge in [-0.1, -0.05) is 24.3 Å². The van der Waals surface area contributed by atoms with Crippen LogP contribution in [0.1, 0.15) is 40.4 Å². The molecule has 6 nitrogen and oxygen atoms in total. The third-order valence-electron chi connectivity index (χ3n) is 5.29. The van der Waals surface area contributed by atoms with E-state index in [1.807, 2.05) is 0 Å². The summed E-state index contributed by atoms with van der Waals surface area (Å²) in [5.41, 5.74) is 2.17. The van der Waals surface area contributed by atoms with E-state index in [1.165, 1.54) is 17.0 Å². The van der Waals surface area contributed by atoms with Crippen LogP contribution < -0.4 is 0 Å². The van der Waals surface area contributed by atoms with Crippen molar-refractivity contribution in [1.82, 2.24) is 9.80 Å². The Labute approximate surface area is 167 Å². The van der Waals surface area contributed by atoms with Crippen LogP contribution in [0.2, 0.25) is 0 Å². The zero-order valence-electron chi connectivity index (χ0n) is 15.8. The van der Waals surface area contributed by atoms with E-state index in [0.717, 1.165) is 11.1 Å². The highest BCUT2D eigenvalue weighted by Gasteiger charge is 2.29. The molecule has 0 aliphatic carbocycles. The lowest BCUT2D eigenvalue weighted by Crippen LogP contribution is -2.42. The van der Waals surface area contributed by atoms with Crippen molar-refractivity contribution < 1.29 is 23.5 Å². The zero-order chi connectivity index (χ0) is 20.4. The lowest BCUT2D eigenvalue weighted by molar-refractivity contribution is -0.139. The van der Waals surface area contributed by atoms with E-state index in [2.05, 4.69) is 0 Å². The lowest BCUT2D eigenvalue weighted by Gasteiger charge is -2.33. The van der Waals surface area contributed by atoms with Crippen molar-refractivity contribution in [2.24, 2.45) is 0 Å². The van der Waals surface area contributed by atoms with Gasteiger partial charge < -0.3 is 9.64 Å². The highest BCUT2D eigenvalue weighted by molar-refractivity contribution is 6.01. The van der Waals surface area contributed by atoms with E-state index in [4.69, 9.17) is 4.74 Å². The molecule has 0 aromatic heterocycles. The van der Waals surface area contributed by atoms with Gasteiger partial charge in [0.2, 0.25) is 11.8 Å². The van der Waals surface area contributed by atoms with Gasteiger partial charge in [-0.15, -0.1) is 0 Å². The average molecular weight is 396 g/mol. The Kier molecular flexibility index (Phi) is 5.40. The highest BCUT2D eigenvalue weighted by atomic mass is 19.1. The minimum atomic E-state index is -0.310. The van der Waals surface area contributed by atoms with Gasteiger partial charge in [-0.25, -0.2) is 4.39 Å². The normalized spacial score (nSPS) is 19.7. The Bertz CT molecular complexity index is 911. The van der Waals surface area contributed by atoms with Crippen LogP contribution >= 0.6 is 0 Å². The number of imide groups is 1. The monoisotopic (exact) mass is 396 g/mol. The first kappa shape index (κ1) is 19.3. The molecule has 1 unspecified atom stereocenters. The summed E-state index contributed by atoms with van der Waals surface area (Å²) in [5.74, 6) is -0.735. The van der Waals surface area contributed by atoms with Gasteiger partial charge in [0.25, 0.3) is 5.91 Å². The van der Waals surface area contributed by atoms with Gasteiger partial charge in [0, 0.05) is 24.9 Å². The van der Waals surface area contributed by atoms with E-state index >= 15 is 0 Å². The molecule has 3 amide bonds. The summed E-state index contributed by atoms with van der Waals surface area (Å²) in [7, 11) is 0. The van der Waals surface area contributed by atoms with E-state index in [9.17, 15) is 18.8 Å². The Morgan fingerprint density at radius 2 is 1.66 bits per heavy atom. The standard InChI is InChI=1S/C22H21FN2O4/c23-18-7-5-16(6-8-18)19-14-24(11-12-29-19)22(28)17-3-1-15(2-4-17)13-25-20(26)9-10-21(25)27/h1-8,19H,9-14H2. The van der Waals surface area contributed by atoms with Gasteiger partial charge in [-0.3, -0.25) is 19.3 Å². The molecule has 0 spiro atoms. The molecule has 2 heterocycles. The van der Waals surface area contributed by atoms with Crippen LogP contribution in [0.4, 0.5) is 4.39 Å². The van der Waals surface area contributed by atoms with Gasteiger partial charge in [-0.05, 0) is 35.4 Å². The smallest absolute Gasteiger partial charge is 0.254 e. The summed E-state index contributed by atoms with van der Waals surface area (Å²) in [6.45, 7) is 1.51. The number of carbonyl (C=O) groups is 3. The Hall–Kier alpha value is -3.06. The molecule has 2 aromatic carbocycles. The van der Waals surface area contributed by atoms with Crippen LogP contribution in [0, 0.1) is 5.82 Å². The highest BCUT2D eigenvalue weighted by Crippen LogP contribution is 2.24. The Balaban J connectivity index is 1.41. The molecule has 150 valence electrons. The second-order valence-electron chi connectivity index (χ2n) is 7.23. The van der Waals surface area contributed by atoms with Gasteiger partial charge in [0.15, 0.2) is 0 Å². The predicted octanol–water partition coefficient (Wildman–Crippen LogP) is 2.69. The summed E-state index contributed by atoms with van der Waals surface area (Å²) in [6, 6.07) is 13.1. The van der Waals surface area contributed by atoms with Gasteiger partial charge in [0.1, 0.15) is 11.9 Å². The number of ether oxygens (including phenoxy) is 1. The Morgan fingerprint density at radius 3 is 2.31 bits per heavy atom. The second-order valence-corrected chi connectivity index (χ2v) is 7.23. The first-order valence-electron chi connectivity index (χ1n) is 9.60. The van der Waals surface area contributed by atoms with Gasteiger partial charge in [-0.2, -0.15) is 0 Å². The molecule has 0 saturated carbocycles. The number of benzene rings is 2. The minimum Gasteiger partial charge on any atom is -0.370 e. The van der Waals surface area contributed by atoms with Crippen molar-refractivity contribution in [2.75, 3.05) is 19.7 Å². The van der Waals surface area contributed by atoms with Crippen molar-refractivity contribution in [3.63, 3.8) is 0 Å². The molecule has 2 aromatic rings. The summed E-state index contributed by atoms with van der Waals surface area (Å²) < 4.78 is 18.9. The van der Waals surface area contributed by atoms with E-state index < -0.39 is 0 Å². The molecule has 0 radical (unpaired) electrons. The molecule has 2 aliphatic rings. The first-order chi connectivity index (χ1) is 14.0. The third-order valence-corrected chi connectivity index (χ3v) is 5.29. The number of halogens is 1. The quantitative estimate of drug-likeness (QED) is 0.746. The molecule has 1 atom stereocenters. The topological polar surface area (TPSA) is 66.9 Å². The lowest BCUT2D eigenvalue weighted by atomic mass is 10.1. The SMILES string of the molecule is O=C(c1ccc(CN2C(=O)CCC2=O)cc1)N1CCOC(c2ccc(F)cc2)C1. The largest absolute Gasteiger partial charge is 0.370 e. The van der Waals surface area contributed by atoms with E-state index in [-0.39, 0.29) is 49.0 Å². The van der Waals surface area contributed by atoms with Gasteiger partial charge >= 0.3 is 0 Å². The van der Waals surface area contributed by atoms with Crippen LogP contribution in [-0.4, -0.2) is 47.2 Å². The number of nitrogens with zero attached hydrogens (tertiary/aromatic N) is 2. The van der Waals surface area contributed by atoms with Crippen LogP contribution in [0.25, 0.3) is 0 Å². The fourth-order valence-corrected chi connectivity index (χ4v) is 3.63. The number of hydrogen-bond donors (Lipinski definition) is 0. The number of amides is 3. The van der Waals surface area contributed by atoms with Crippen molar-refractivity contribution in [2.45, 2.75) is 25.5 Å². The number of likely N-dealkylation sites (tertiary alicyclic amines) is 1. The molecule has 0 N–H and O–H groups in total. The first-order valence-corrected chi connectivity index (χ1v) is 9.60. The van der Waals surface area contributed by atoms with Crippen molar-refractivity contribution in [3.05, 3.63) is 71.0 Å². The molecular weight excluding hydrogens is 375 g/mol. The molecule has 29 heavy (non-hydrogen) atoms. The van der Waals surface area contributed by atoms with Crippen molar-refractivity contribution in [1.29, 1.82) is 0 Å². The zero-order valence-corrected chi connectivity index (χ0v) is 15.8. The summed E-state index contributed by atoms with van der Waals surface area (Å²) in [5, 5.41) is 0. The van der Waals surface area contributed by atoms with E-state index in [1.54, 1.807) is 41.3 Å². The molecular formula is C22H21FN2O4. The minimum absolute atomic E-state index is 0.111. The van der Waals surface area contributed by atoms with Crippen molar-refractivity contribution >= 4 is 17.7 Å². The van der Waals surface area contributed by atoms with Crippen LogP contribution in [-0.2, 0) is 20.9 Å². The van der Waals surface area contributed by atoms with Crippen LogP contribution in [0.15, 0.2) is 48.5 Å². The molecule has 0 bridgehead atoms. The van der Waals surface area contributed by atoms with Crippen LogP contribution in [0.3, 0.4) is 0 Å². The maximum Gasteiger partial charge on any atom is 0.254 e. The number of carbonyl (C=O) groups excluding carboxylic acids is 3.